The van der Waals surface area contributed by atoms with Crippen LogP contribution in [0, 0.1) is 0 Å². The van der Waals surface area contributed by atoms with Crippen LogP contribution in [0.15, 0.2) is 66.7 Å². The molecule has 0 atom stereocenters. The van der Waals surface area contributed by atoms with E-state index in [-0.39, 0.29) is 12.7 Å². The fourth-order valence-corrected chi connectivity index (χ4v) is 6.32. The van der Waals surface area contributed by atoms with Gasteiger partial charge in [-0.2, -0.15) is 9.97 Å². The molecule has 10 heteroatoms. The molecular weight excluding hydrogens is 604 g/mol. The number of piperazine rings is 1. The van der Waals surface area contributed by atoms with Crippen molar-refractivity contribution in [3.63, 3.8) is 0 Å². The average Bonchev–Trinajstić information content (AvgIpc) is 3.12. The van der Waals surface area contributed by atoms with Gasteiger partial charge in [0.25, 0.3) is 0 Å². The fourth-order valence-electron chi connectivity index (χ4n) is 6.32. The molecule has 48 heavy (non-hydrogen) atoms. The van der Waals surface area contributed by atoms with Gasteiger partial charge >= 0.3 is 12.1 Å². The average molecular weight is 653 g/mol. The quantitative estimate of drug-likeness (QED) is 0.158. The highest BCUT2D eigenvalue weighted by atomic mass is 16.6. The van der Waals surface area contributed by atoms with Gasteiger partial charge in [-0.15, -0.1) is 0 Å². The lowest BCUT2D eigenvalue weighted by atomic mass is 10.0. The smallest absolute Gasteiger partial charge is 0.410 e. The molecule has 3 aromatic carbocycles. The van der Waals surface area contributed by atoms with Gasteiger partial charge in [0, 0.05) is 62.0 Å². The highest BCUT2D eigenvalue weighted by Gasteiger charge is 2.30. The molecule has 10 nitrogen and oxygen atoms in total. The Bertz CT molecular complexity index is 1660. The molecule has 254 valence electrons. The van der Waals surface area contributed by atoms with Gasteiger partial charge in [-0.3, -0.25) is 0 Å². The summed E-state index contributed by atoms with van der Waals surface area (Å²) in [5.41, 5.74) is 4.28. The number of hydrogen-bond donors (Lipinski definition) is 0. The monoisotopic (exact) mass is 652 g/mol. The Morgan fingerprint density at radius 3 is 2.42 bits per heavy atom. The molecule has 6 rings (SSSR count). The first kappa shape index (κ1) is 33.3. The summed E-state index contributed by atoms with van der Waals surface area (Å²) >= 11 is 0. The van der Waals surface area contributed by atoms with Crippen molar-refractivity contribution in [2.75, 3.05) is 76.4 Å². The van der Waals surface area contributed by atoms with E-state index in [1.54, 1.807) is 4.90 Å². The van der Waals surface area contributed by atoms with E-state index in [0.29, 0.717) is 51.9 Å². The molecule has 4 aromatic rings. The first-order valence-electron chi connectivity index (χ1n) is 17.3. The second-order valence-electron chi connectivity index (χ2n) is 12.8. The summed E-state index contributed by atoms with van der Waals surface area (Å²) in [5.74, 6) is 1.82. The van der Waals surface area contributed by atoms with E-state index in [1.807, 2.05) is 30.3 Å². The number of hydrogen-bond acceptors (Lipinski definition) is 9. The van der Waals surface area contributed by atoms with Crippen LogP contribution in [0.1, 0.15) is 43.0 Å². The summed E-state index contributed by atoms with van der Waals surface area (Å²) in [7, 11) is 4.12. The number of aromatic nitrogens is 2. The summed E-state index contributed by atoms with van der Waals surface area (Å²) in [6.07, 6.45) is 3.53. The topological polar surface area (TPSA) is 83.5 Å². The minimum absolute atomic E-state index is 0.271. The Kier molecular flexibility index (Phi) is 11.1. The third-order valence-corrected chi connectivity index (χ3v) is 8.97. The highest BCUT2D eigenvalue weighted by molar-refractivity contribution is 5.95. The van der Waals surface area contributed by atoms with Crippen LogP contribution in [-0.2, 0) is 24.3 Å². The van der Waals surface area contributed by atoms with Gasteiger partial charge in [-0.05, 0) is 50.4 Å². The molecule has 0 unspecified atom stereocenters. The van der Waals surface area contributed by atoms with Crippen molar-refractivity contribution < 1.29 is 19.0 Å². The molecule has 3 heterocycles. The predicted octanol–water partition coefficient (Wildman–Crippen LogP) is 6.16. The standard InChI is InChI=1S/C38H48N6O4/c1-4-5-23-46-31-25-30-14-9-10-15-32(30)35(26-31)44-18-16-33-34(27-44)39-37(47-24-11-17-41(2)3)40-36(33)42-19-21-43(22-20-42)38(45)48-28-29-12-7-6-8-13-29/h6-10,12-15,25-26H,4-5,11,16-24,27-28H2,1-3H3. The summed E-state index contributed by atoms with van der Waals surface area (Å²) in [6, 6.07) is 23.0. The van der Waals surface area contributed by atoms with Crippen molar-refractivity contribution in [1.29, 1.82) is 0 Å². The van der Waals surface area contributed by atoms with E-state index in [9.17, 15) is 4.79 Å². The molecule has 0 N–H and O–H groups in total. The van der Waals surface area contributed by atoms with Crippen molar-refractivity contribution >= 4 is 28.4 Å². The first-order chi connectivity index (χ1) is 23.5. The summed E-state index contributed by atoms with van der Waals surface area (Å²) in [6.45, 7) is 8.56. The van der Waals surface area contributed by atoms with Gasteiger partial charge in [0.15, 0.2) is 0 Å². The molecule has 2 aliphatic heterocycles. The number of benzene rings is 3. The van der Waals surface area contributed by atoms with Crippen LogP contribution < -0.4 is 19.3 Å². The predicted molar refractivity (Wildman–Crippen MR) is 190 cm³/mol. The molecule has 1 fully saturated rings. The lowest BCUT2D eigenvalue weighted by molar-refractivity contribution is 0.0941. The van der Waals surface area contributed by atoms with Gasteiger partial charge in [0.2, 0.25) is 0 Å². The number of anilines is 2. The Labute approximate surface area is 284 Å². The third-order valence-electron chi connectivity index (χ3n) is 8.97. The van der Waals surface area contributed by atoms with E-state index < -0.39 is 0 Å². The molecule has 0 aliphatic carbocycles. The lowest BCUT2D eigenvalue weighted by Crippen LogP contribution is -2.49. The fraction of sp³-hybridized carbons (Fsp3) is 0.447. The van der Waals surface area contributed by atoms with Gasteiger partial charge < -0.3 is 33.8 Å². The maximum Gasteiger partial charge on any atom is 0.410 e. The van der Waals surface area contributed by atoms with Gasteiger partial charge in [0.1, 0.15) is 18.2 Å². The van der Waals surface area contributed by atoms with Crippen molar-refractivity contribution in [2.45, 2.75) is 45.8 Å². The Balaban J connectivity index is 1.21. The van der Waals surface area contributed by atoms with Crippen LogP contribution >= 0.6 is 0 Å². The van der Waals surface area contributed by atoms with E-state index >= 15 is 0 Å². The van der Waals surface area contributed by atoms with Crippen LogP contribution in [0.5, 0.6) is 11.8 Å². The summed E-state index contributed by atoms with van der Waals surface area (Å²) in [4.78, 5) is 31.5. The van der Waals surface area contributed by atoms with Crippen molar-refractivity contribution in [3.8, 4) is 11.8 Å². The number of rotatable bonds is 13. The number of unbranched alkanes of at least 4 members (excludes halogenated alkanes) is 1. The number of amides is 1. The van der Waals surface area contributed by atoms with Crippen LogP contribution in [0.2, 0.25) is 0 Å². The summed E-state index contributed by atoms with van der Waals surface area (Å²) < 4.78 is 18.0. The highest BCUT2D eigenvalue weighted by Crippen LogP contribution is 2.37. The molecule has 1 aromatic heterocycles. The van der Waals surface area contributed by atoms with Crippen LogP contribution in [0.25, 0.3) is 10.8 Å². The third kappa shape index (κ3) is 8.28. The molecular formula is C38H48N6O4. The number of carbonyl (C=O) groups excluding carboxylic acids is 1. The van der Waals surface area contributed by atoms with E-state index in [1.165, 1.54) is 10.8 Å². The van der Waals surface area contributed by atoms with Crippen molar-refractivity contribution in [3.05, 3.63) is 83.6 Å². The molecule has 0 saturated carbocycles. The second-order valence-corrected chi connectivity index (χ2v) is 12.8. The number of fused-ring (bicyclic) bond motifs is 2. The largest absolute Gasteiger partial charge is 0.493 e. The Morgan fingerprint density at radius 2 is 1.62 bits per heavy atom. The molecule has 2 aliphatic rings. The minimum atomic E-state index is -0.281. The molecule has 0 radical (unpaired) electrons. The maximum absolute atomic E-state index is 12.9. The van der Waals surface area contributed by atoms with Crippen LogP contribution in [0.3, 0.4) is 0 Å². The van der Waals surface area contributed by atoms with Crippen LogP contribution in [-0.4, -0.2) is 92.4 Å². The number of nitrogens with zero attached hydrogens (tertiary/aromatic N) is 6. The molecule has 1 saturated heterocycles. The molecule has 1 amide bonds. The van der Waals surface area contributed by atoms with E-state index in [0.717, 1.165) is 72.8 Å². The first-order valence-corrected chi connectivity index (χ1v) is 17.3. The summed E-state index contributed by atoms with van der Waals surface area (Å²) in [5, 5.41) is 2.37. The zero-order valence-corrected chi connectivity index (χ0v) is 28.6. The number of carbonyl (C=O) groups is 1. The van der Waals surface area contributed by atoms with Gasteiger partial charge in [0.05, 0.1) is 25.5 Å². The van der Waals surface area contributed by atoms with Gasteiger partial charge in [-0.25, -0.2) is 4.79 Å². The second kappa shape index (κ2) is 16.0. The zero-order chi connectivity index (χ0) is 33.3. The van der Waals surface area contributed by atoms with Crippen molar-refractivity contribution in [1.82, 2.24) is 19.8 Å². The molecule has 0 bridgehead atoms. The van der Waals surface area contributed by atoms with Gasteiger partial charge in [-0.1, -0.05) is 67.9 Å². The minimum Gasteiger partial charge on any atom is -0.493 e. The SMILES string of the molecule is CCCCOc1cc(N2CCc3c(nc(OCCCN(C)C)nc3N3CCN(C(=O)OCc4ccccc4)CC3)C2)c2ccccc2c1. The normalized spacial score (nSPS) is 14.7. The van der Waals surface area contributed by atoms with Crippen LogP contribution in [0.4, 0.5) is 16.3 Å². The lowest BCUT2D eigenvalue weighted by Gasteiger charge is -2.38. The Hall–Kier alpha value is -4.57. The number of ether oxygens (including phenoxy) is 3. The maximum atomic E-state index is 12.9. The zero-order valence-electron chi connectivity index (χ0n) is 28.6. The Morgan fingerprint density at radius 1 is 0.854 bits per heavy atom. The van der Waals surface area contributed by atoms with E-state index in [2.05, 4.69) is 72.1 Å². The van der Waals surface area contributed by atoms with Crippen molar-refractivity contribution in [2.24, 2.45) is 0 Å². The molecule has 0 spiro atoms. The van der Waals surface area contributed by atoms with E-state index in [4.69, 9.17) is 24.2 Å².